The minimum atomic E-state index is -3.98. The maximum Gasteiger partial charge on any atom is 0.337 e. The van der Waals surface area contributed by atoms with Crippen LogP contribution in [0.5, 0.6) is 0 Å². The lowest BCUT2D eigenvalue weighted by Crippen LogP contribution is -2.16. The van der Waals surface area contributed by atoms with Gasteiger partial charge in [0.05, 0.1) is 29.8 Å². The number of nitrogens with one attached hydrogen (secondary N) is 1. The number of aryl methyl sites for hydroxylation is 1. The molecular formula is C19H19FN4O4S. The molecule has 1 N–H and O–H groups in total. The first kappa shape index (κ1) is 20.5. The molecule has 152 valence electrons. The molecule has 1 aromatic heterocycles. The SMILES string of the molecule is COC(=O)c1ccc(S(=O)(=O)Nc2nnn(Cc3ccccc3F)c2C)c(C)c1. The predicted octanol–water partition coefficient (Wildman–Crippen LogP) is 2.67. The van der Waals surface area contributed by atoms with Crippen molar-refractivity contribution in [2.75, 3.05) is 11.8 Å². The first-order chi connectivity index (χ1) is 13.7. The number of rotatable bonds is 6. The second kappa shape index (κ2) is 8.00. The minimum Gasteiger partial charge on any atom is -0.465 e. The third kappa shape index (κ3) is 4.27. The molecule has 0 spiro atoms. The molecule has 29 heavy (non-hydrogen) atoms. The molecule has 0 aliphatic heterocycles. The van der Waals surface area contributed by atoms with Crippen LogP contribution in [-0.2, 0) is 21.3 Å². The van der Waals surface area contributed by atoms with E-state index in [4.69, 9.17) is 0 Å². The zero-order valence-corrected chi connectivity index (χ0v) is 16.8. The van der Waals surface area contributed by atoms with Crippen LogP contribution in [0.1, 0.15) is 27.2 Å². The van der Waals surface area contributed by atoms with Gasteiger partial charge in [0.2, 0.25) is 0 Å². The van der Waals surface area contributed by atoms with E-state index in [-0.39, 0.29) is 28.6 Å². The molecule has 0 aliphatic carbocycles. The Labute approximate surface area is 167 Å². The smallest absolute Gasteiger partial charge is 0.337 e. The molecule has 1 heterocycles. The Balaban J connectivity index is 1.85. The zero-order chi connectivity index (χ0) is 21.2. The van der Waals surface area contributed by atoms with Gasteiger partial charge in [0, 0.05) is 5.56 Å². The summed E-state index contributed by atoms with van der Waals surface area (Å²) in [6.45, 7) is 3.31. The average Bonchev–Trinajstić information content (AvgIpc) is 3.01. The average molecular weight is 418 g/mol. The molecule has 3 aromatic rings. The molecule has 0 fully saturated rings. The highest BCUT2D eigenvalue weighted by Gasteiger charge is 2.22. The van der Waals surface area contributed by atoms with Gasteiger partial charge in [-0.25, -0.2) is 22.3 Å². The number of halogens is 1. The van der Waals surface area contributed by atoms with E-state index in [0.29, 0.717) is 16.8 Å². The normalized spacial score (nSPS) is 11.3. The number of aromatic nitrogens is 3. The van der Waals surface area contributed by atoms with Crippen molar-refractivity contribution in [1.29, 1.82) is 0 Å². The molecule has 10 heteroatoms. The molecule has 0 saturated carbocycles. The van der Waals surface area contributed by atoms with Gasteiger partial charge in [-0.15, -0.1) is 5.10 Å². The van der Waals surface area contributed by atoms with Crippen molar-refractivity contribution in [3.63, 3.8) is 0 Å². The maximum atomic E-state index is 13.9. The predicted molar refractivity (Wildman–Crippen MR) is 104 cm³/mol. The number of nitrogens with zero attached hydrogens (tertiary/aromatic N) is 3. The Morgan fingerprint density at radius 3 is 2.59 bits per heavy atom. The Morgan fingerprint density at radius 2 is 1.93 bits per heavy atom. The third-order valence-corrected chi connectivity index (χ3v) is 5.88. The van der Waals surface area contributed by atoms with Crippen LogP contribution in [0.15, 0.2) is 47.4 Å². The van der Waals surface area contributed by atoms with E-state index in [9.17, 15) is 17.6 Å². The number of hydrogen-bond donors (Lipinski definition) is 1. The second-order valence-electron chi connectivity index (χ2n) is 6.35. The number of hydrogen-bond acceptors (Lipinski definition) is 6. The summed E-state index contributed by atoms with van der Waals surface area (Å²) in [6, 6.07) is 10.4. The van der Waals surface area contributed by atoms with Crippen LogP contribution in [0, 0.1) is 19.7 Å². The first-order valence-electron chi connectivity index (χ1n) is 8.58. The van der Waals surface area contributed by atoms with Crippen LogP contribution in [0.4, 0.5) is 10.2 Å². The van der Waals surface area contributed by atoms with Crippen molar-refractivity contribution in [1.82, 2.24) is 15.0 Å². The molecule has 0 radical (unpaired) electrons. The zero-order valence-electron chi connectivity index (χ0n) is 16.0. The second-order valence-corrected chi connectivity index (χ2v) is 8.00. The van der Waals surface area contributed by atoms with Gasteiger partial charge < -0.3 is 4.74 Å². The lowest BCUT2D eigenvalue weighted by Gasteiger charge is -2.10. The molecular weight excluding hydrogens is 399 g/mol. The summed E-state index contributed by atoms with van der Waals surface area (Å²) in [7, 11) is -2.73. The maximum absolute atomic E-state index is 13.9. The van der Waals surface area contributed by atoms with Gasteiger partial charge in [-0.05, 0) is 43.7 Å². The van der Waals surface area contributed by atoms with Crippen LogP contribution in [0.3, 0.4) is 0 Å². The van der Waals surface area contributed by atoms with Gasteiger partial charge in [0.25, 0.3) is 10.0 Å². The highest BCUT2D eigenvalue weighted by molar-refractivity contribution is 7.92. The third-order valence-electron chi connectivity index (χ3n) is 4.38. The fourth-order valence-corrected chi connectivity index (χ4v) is 4.05. The van der Waals surface area contributed by atoms with Crippen LogP contribution < -0.4 is 4.72 Å². The Morgan fingerprint density at radius 1 is 1.21 bits per heavy atom. The standard InChI is InChI=1S/C19H19FN4O4S/c1-12-10-14(19(25)28-3)8-9-17(12)29(26,27)22-18-13(2)24(23-21-18)11-15-6-4-5-7-16(15)20/h4-10,22H,11H2,1-3H3. The fraction of sp³-hybridized carbons (Fsp3) is 0.211. The van der Waals surface area contributed by atoms with Crippen LogP contribution >= 0.6 is 0 Å². The van der Waals surface area contributed by atoms with Gasteiger partial charge in [-0.2, -0.15) is 0 Å². The summed E-state index contributed by atoms with van der Waals surface area (Å²) in [5, 5.41) is 7.78. The van der Waals surface area contributed by atoms with Crippen molar-refractivity contribution in [3.05, 3.63) is 70.7 Å². The van der Waals surface area contributed by atoms with Crippen molar-refractivity contribution in [2.45, 2.75) is 25.3 Å². The minimum absolute atomic E-state index is 0.00629. The summed E-state index contributed by atoms with van der Waals surface area (Å²) < 4.78 is 47.9. The number of carbonyl (C=O) groups excluding carboxylic acids is 1. The van der Waals surface area contributed by atoms with Crippen LogP contribution in [0.2, 0.25) is 0 Å². The Kier molecular flexibility index (Phi) is 5.64. The van der Waals surface area contributed by atoms with Crippen molar-refractivity contribution in [2.24, 2.45) is 0 Å². The molecule has 3 rings (SSSR count). The lowest BCUT2D eigenvalue weighted by molar-refractivity contribution is 0.0600. The molecule has 0 saturated heterocycles. The van der Waals surface area contributed by atoms with Crippen molar-refractivity contribution >= 4 is 21.8 Å². The van der Waals surface area contributed by atoms with Crippen LogP contribution in [0.25, 0.3) is 0 Å². The number of sulfonamides is 1. The van der Waals surface area contributed by atoms with E-state index in [0.717, 1.165) is 0 Å². The molecule has 2 aromatic carbocycles. The Bertz CT molecular complexity index is 1170. The summed E-state index contributed by atoms with van der Waals surface area (Å²) in [6.07, 6.45) is 0. The molecule has 0 unspecified atom stereocenters. The summed E-state index contributed by atoms with van der Waals surface area (Å²) in [4.78, 5) is 11.6. The van der Waals surface area contributed by atoms with E-state index < -0.39 is 16.0 Å². The lowest BCUT2D eigenvalue weighted by atomic mass is 10.1. The van der Waals surface area contributed by atoms with Gasteiger partial charge in [0.1, 0.15) is 5.82 Å². The molecule has 8 nitrogen and oxygen atoms in total. The van der Waals surface area contributed by atoms with Crippen LogP contribution in [-0.4, -0.2) is 36.5 Å². The topological polar surface area (TPSA) is 103 Å². The fourth-order valence-electron chi connectivity index (χ4n) is 2.77. The summed E-state index contributed by atoms with van der Waals surface area (Å²) in [5.41, 5.74) is 1.46. The van der Waals surface area contributed by atoms with Crippen molar-refractivity contribution < 1.29 is 22.3 Å². The van der Waals surface area contributed by atoms with Crippen molar-refractivity contribution in [3.8, 4) is 0 Å². The van der Waals surface area contributed by atoms with E-state index in [2.05, 4.69) is 19.8 Å². The monoisotopic (exact) mass is 418 g/mol. The van der Waals surface area contributed by atoms with Gasteiger partial charge in [-0.3, -0.25) is 4.72 Å². The summed E-state index contributed by atoms with van der Waals surface area (Å²) in [5.74, 6) is -0.902. The van der Waals surface area contributed by atoms with Gasteiger partial charge in [0.15, 0.2) is 5.82 Å². The number of ether oxygens (including phenoxy) is 1. The van der Waals surface area contributed by atoms with E-state index in [1.54, 1.807) is 32.0 Å². The van der Waals surface area contributed by atoms with E-state index >= 15 is 0 Å². The molecule has 0 bridgehead atoms. The molecule has 0 amide bonds. The first-order valence-corrected chi connectivity index (χ1v) is 10.1. The quantitative estimate of drug-likeness (QED) is 0.618. The highest BCUT2D eigenvalue weighted by atomic mass is 32.2. The van der Waals surface area contributed by atoms with Gasteiger partial charge in [-0.1, -0.05) is 23.4 Å². The number of methoxy groups -OCH3 is 1. The van der Waals surface area contributed by atoms with E-state index in [1.165, 1.54) is 36.1 Å². The number of carbonyl (C=O) groups is 1. The number of anilines is 1. The molecule has 0 atom stereocenters. The largest absolute Gasteiger partial charge is 0.465 e. The highest BCUT2D eigenvalue weighted by Crippen LogP contribution is 2.22. The molecule has 0 aliphatic rings. The summed E-state index contributed by atoms with van der Waals surface area (Å²) >= 11 is 0. The number of esters is 1. The van der Waals surface area contributed by atoms with E-state index in [1.807, 2.05) is 0 Å². The number of benzene rings is 2. The Hall–Kier alpha value is -3.27. The van der Waals surface area contributed by atoms with Gasteiger partial charge >= 0.3 is 5.97 Å².